The topological polar surface area (TPSA) is 84.1 Å². The molecule has 0 saturated carbocycles. The van der Waals surface area contributed by atoms with Crippen LogP contribution < -0.4 is 9.46 Å². The highest BCUT2D eigenvalue weighted by Crippen LogP contribution is 2.22. The van der Waals surface area contributed by atoms with Crippen LogP contribution in [0.25, 0.3) is 0 Å². The van der Waals surface area contributed by atoms with Gasteiger partial charge in [-0.05, 0) is 12.1 Å². The molecular formula is C13H12ClN3O3S. The number of rotatable bonds is 5. The Labute approximate surface area is 127 Å². The highest BCUT2D eigenvalue weighted by molar-refractivity contribution is 7.89. The monoisotopic (exact) mass is 325 g/mol. The summed E-state index contributed by atoms with van der Waals surface area (Å²) in [6, 6.07) is 7.03. The molecule has 0 aliphatic heterocycles. The van der Waals surface area contributed by atoms with Crippen molar-refractivity contribution < 1.29 is 13.2 Å². The Morgan fingerprint density at radius 1 is 1.33 bits per heavy atom. The molecule has 0 fully saturated rings. The van der Waals surface area contributed by atoms with Crippen molar-refractivity contribution in [2.24, 2.45) is 0 Å². The van der Waals surface area contributed by atoms with Crippen LogP contribution in [0.1, 0.15) is 0 Å². The van der Waals surface area contributed by atoms with E-state index < -0.39 is 10.0 Å². The van der Waals surface area contributed by atoms with Gasteiger partial charge in [0, 0.05) is 0 Å². The standard InChI is InChI=1S/C13H12ClN3O3S/c14-11-5-1-2-6-12(11)20-8-4-3-7-17-21(18,19)13-9-15-10-16-13/h1-2,5-6,9-10,17H,7-8H2,(H,15,16). The van der Waals surface area contributed by atoms with Crippen molar-refractivity contribution in [3.05, 3.63) is 41.8 Å². The fraction of sp³-hybridized carbons (Fsp3) is 0.154. The van der Waals surface area contributed by atoms with Gasteiger partial charge in [-0.15, -0.1) is 0 Å². The SMILES string of the molecule is O=S(=O)(NCC#CCOc1ccccc1Cl)c1cnc[nH]1. The summed E-state index contributed by atoms with van der Waals surface area (Å²) in [4.78, 5) is 6.15. The summed E-state index contributed by atoms with van der Waals surface area (Å²) in [6.45, 7) is 0.1000. The summed E-state index contributed by atoms with van der Waals surface area (Å²) in [7, 11) is -3.60. The normalized spacial score (nSPS) is 10.7. The van der Waals surface area contributed by atoms with Crippen molar-refractivity contribution in [3.8, 4) is 17.6 Å². The quantitative estimate of drug-likeness (QED) is 0.814. The minimum absolute atomic E-state index is 0.00313. The van der Waals surface area contributed by atoms with E-state index in [9.17, 15) is 8.42 Å². The van der Waals surface area contributed by atoms with E-state index >= 15 is 0 Å². The Hall–Kier alpha value is -2.01. The molecule has 1 aromatic heterocycles. The average molecular weight is 326 g/mol. The summed E-state index contributed by atoms with van der Waals surface area (Å²) < 4.78 is 31.0. The first-order valence-corrected chi connectivity index (χ1v) is 7.77. The molecular weight excluding hydrogens is 314 g/mol. The van der Waals surface area contributed by atoms with E-state index in [0.29, 0.717) is 10.8 Å². The number of nitrogens with one attached hydrogen (secondary N) is 2. The lowest BCUT2D eigenvalue weighted by Crippen LogP contribution is -2.24. The van der Waals surface area contributed by atoms with Gasteiger partial charge in [-0.2, -0.15) is 4.72 Å². The molecule has 0 radical (unpaired) electrons. The lowest BCUT2D eigenvalue weighted by atomic mass is 10.3. The largest absolute Gasteiger partial charge is 0.479 e. The molecule has 2 rings (SSSR count). The zero-order valence-corrected chi connectivity index (χ0v) is 12.4. The third kappa shape index (κ3) is 4.49. The van der Waals surface area contributed by atoms with Gasteiger partial charge in [-0.1, -0.05) is 35.6 Å². The Balaban J connectivity index is 1.79. The zero-order chi connectivity index (χ0) is 15.1. The minimum atomic E-state index is -3.60. The summed E-state index contributed by atoms with van der Waals surface area (Å²) in [5.41, 5.74) is 0. The molecule has 21 heavy (non-hydrogen) atoms. The maximum absolute atomic E-state index is 11.7. The molecule has 0 aliphatic rings. The Kier molecular flexibility index (Phi) is 5.22. The van der Waals surface area contributed by atoms with E-state index in [0.717, 1.165) is 0 Å². The number of aromatic amines is 1. The van der Waals surface area contributed by atoms with E-state index in [2.05, 4.69) is 26.5 Å². The highest BCUT2D eigenvalue weighted by Gasteiger charge is 2.13. The first kappa shape index (κ1) is 15.4. The predicted octanol–water partition coefficient (Wildman–Crippen LogP) is 1.42. The number of aromatic nitrogens is 2. The van der Waals surface area contributed by atoms with Gasteiger partial charge >= 0.3 is 0 Å². The van der Waals surface area contributed by atoms with Gasteiger partial charge in [0.1, 0.15) is 12.4 Å². The van der Waals surface area contributed by atoms with Crippen LogP contribution in [0.2, 0.25) is 5.02 Å². The second-order valence-electron chi connectivity index (χ2n) is 3.81. The highest BCUT2D eigenvalue weighted by atomic mass is 35.5. The molecule has 6 nitrogen and oxygen atoms in total. The number of hydrogen-bond donors (Lipinski definition) is 2. The van der Waals surface area contributed by atoms with E-state index in [4.69, 9.17) is 16.3 Å². The molecule has 0 atom stereocenters. The van der Waals surface area contributed by atoms with Gasteiger partial charge in [0.25, 0.3) is 10.0 Å². The number of hydrogen-bond acceptors (Lipinski definition) is 4. The van der Waals surface area contributed by atoms with Crippen molar-refractivity contribution in [3.63, 3.8) is 0 Å². The molecule has 8 heteroatoms. The van der Waals surface area contributed by atoms with Crippen LogP contribution in [0.15, 0.2) is 41.8 Å². The maximum Gasteiger partial charge on any atom is 0.258 e. The third-order valence-electron chi connectivity index (χ3n) is 2.37. The van der Waals surface area contributed by atoms with Crippen molar-refractivity contribution in [2.45, 2.75) is 5.03 Å². The zero-order valence-electron chi connectivity index (χ0n) is 10.8. The van der Waals surface area contributed by atoms with Crippen LogP contribution in [0.5, 0.6) is 5.75 Å². The molecule has 2 aromatic rings. The fourth-order valence-corrected chi connectivity index (χ4v) is 2.40. The molecule has 1 aromatic carbocycles. The van der Waals surface area contributed by atoms with Gasteiger partial charge < -0.3 is 9.72 Å². The number of benzene rings is 1. The van der Waals surface area contributed by atoms with E-state index in [1.807, 2.05) is 0 Å². The van der Waals surface area contributed by atoms with Crippen LogP contribution >= 0.6 is 11.6 Å². The average Bonchev–Trinajstić information content (AvgIpc) is 2.99. The lowest BCUT2D eigenvalue weighted by Gasteiger charge is -2.03. The Bertz CT molecular complexity index is 748. The Morgan fingerprint density at radius 3 is 2.86 bits per heavy atom. The van der Waals surface area contributed by atoms with Crippen LogP contribution in [-0.4, -0.2) is 31.5 Å². The molecule has 1 heterocycles. The van der Waals surface area contributed by atoms with Crippen LogP contribution in [-0.2, 0) is 10.0 Å². The number of H-pyrrole nitrogens is 1. The summed E-state index contributed by atoms with van der Waals surface area (Å²) in [5, 5.41) is 0.496. The first-order valence-electron chi connectivity index (χ1n) is 5.91. The van der Waals surface area contributed by atoms with E-state index in [-0.39, 0.29) is 18.2 Å². The van der Waals surface area contributed by atoms with Gasteiger partial charge in [0.2, 0.25) is 0 Å². The van der Waals surface area contributed by atoms with Crippen molar-refractivity contribution in [1.82, 2.24) is 14.7 Å². The van der Waals surface area contributed by atoms with Crippen molar-refractivity contribution >= 4 is 21.6 Å². The molecule has 0 bridgehead atoms. The second-order valence-corrected chi connectivity index (χ2v) is 5.96. The van der Waals surface area contributed by atoms with Gasteiger partial charge in [-0.25, -0.2) is 13.4 Å². The fourth-order valence-electron chi connectivity index (χ4n) is 1.39. The van der Waals surface area contributed by atoms with Crippen LogP contribution in [0.3, 0.4) is 0 Å². The molecule has 0 amide bonds. The number of sulfonamides is 1. The molecule has 0 aliphatic carbocycles. The van der Waals surface area contributed by atoms with Crippen molar-refractivity contribution in [2.75, 3.05) is 13.2 Å². The summed E-state index contributed by atoms with van der Waals surface area (Å²) in [6.07, 6.45) is 2.51. The number of ether oxygens (including phenoxy) is 1. The smallest absolute Gasteiger partial charge is 0.258 e. The number of nitrogens with zero attached hydrogens (tertiary/aromatic N) is 1. The van der Waals surface area contributed by atoms with Crippen LogP contribution in [0, 0.1) is 11.8 Å². The number of halogens is 1. The lowest BCUT2D eigenvalue weighted by molar-refractivity contribution is 0.370. The van der Waals surface area contributed by atoms with Gasteiger partial charge in [-0.3, -0.25) is 0 Å². The summed E-state index contributed by atoms with van der Waals surface area (Å²) >= 11 is 5.91. The molecule has 2 N–H and O–H groups in total. The number of imidazole rings is 1. The summed E-state index contributed by atoms with van der Waals surface area (Å²) in [5.74, 6) is 5.88. The molecule has 0 saturated heterocycles. The predicted molar refractivity (Wildman–Crippen MR) is 78.5 cm³/mol. The molecule has 0 unspecified atom stereocenters. The van der Waals surface area contributed by atoms with E-state index in [1.165, 1.54) is 12.5 Å². The molecule has 0 spiro atoms. The Morgan fingerprint density at radius 2 is 2.14 bits per heavy atom. The molecule has 110 valence electrons. The van der Waals surface area contributed by atoms with Gasteiger partial charge in [0.05, 0.1) is 24.1 Å². The maximum atomic E-state index is 11.7. The second kappa shape index (κ2) is 7.13. The van der Waals surface area contributed by atoms with E-state index in [1.54, 1.807) is 24.3 Å². The van der Waals surface area contributed by atoms with Crippen molar-refractivity contribution in [1.29, 1.82) is 0 Å². The van der Waals surface area contributed by atoms with Gasteiger partial charge in [0.15, 0.2) is 5.03 Å². The first-order chi connectivity index (χ1) is 10.1. The minimum Gasteiger partial charge on any atom is -0.479 e. The van der Waals surface area contributed by atoms with Crippen LogP contribution in [0.4, 0.5) is 0 Å². The third-order valence-corrected chi connectivity index (χ3v) is 4.01. The number of para-hydroxylation sites is 1.